The van der Waals surface area contributed by atoms with Crippen LogP contribution in [-0.4, -0.2) is 27.6 Å². The molecular weight excluding hydrogens is 655 g/mol. The molecule has 2 aromatic rings. The Morgan fingerprint density at radius 2 is 0.688 bits per heavy atom. The minimum atomic E-state index is -4.51. The van der Waals surface area contributed by atoms with E-state index in [0.717, 1.165) is 24.3 Å². The lowest BCUT2D eigenvalue weighted by Gasteiger charge is -2.38. The average Bonchev–Trinajstić information content (AvgIpc) is 2.95. The smallest absolute Gasteiger partial charge is 0.237 e. The molecule has 48 heavy (non-hydrogen) atoms. The van der Waals surface area contributed by atoms with Crippen LogP contribution in [0.5, 0.6) is 0 Å². The summed E-state index contributed by atoms with van der Waals surface area (Å²) in [4.78, 5) is 9.50. The molecule has 0 aliphatic carbocycles. The Balaban J connectivity index is 3.09. The predicted molar refractivity (Wildman–Crippen MR) is 195 cm³/mol. The Hall–Kier alpha value is -3.09. The molecule has 0 aromatic heterocycles. The molecule has 0 fully saturated rings. The van der Waals surface area contributed by atoms with Crippen molar-refractivity contribution in [2.24, 2.45) is 9.98 Å². The summed E-state index contributed by atoms with van der Waals surface area (Å²) in [6.07, 6.45) is -9.03. The lowest BCUT2D eigenvalue weighted by Crippen LogP contribution is -2.43. The molecule has 262 valence electrons. The zero-order valence-corrected chi connectivity index (χ0v) is 32.2. The largest absolute Gasteiger partial charge is 0.416 e. The van der Waals surface area contributed by atoms with Crippen LogP contribution in [0.4, 0.5) is 37.7 Å². The molecule has 2 aromatic carbocycles. The predicted octanol–water partition coefficient (Wildman–Crippen LogP) is 13.0. The number of alkyl halides is 6. The number of hydrogen-bond donors (Lipinski definition) is 0. The van der Waals surface area contributed by atoms with Crippen LogP contribution in [0.25, 0.3) is 0 Å². The van der Waals surface area contributed by atoms with Gasteiger partial charge in [-0.1, -0.05) is 94.9 Å². The van der Waals surface area contributed by atoms with E-state index in [1.807, 2.05) is 0 Å². The lowest BCUT2D eigenvalue weighted by molar-refractivity contribution is -0.138. The third kappa shape index (κ3) is 9.54. The number of aliphatic imine (C=N–C) groups is 2. The molecule has 2 rings (SSSR count). The van der Waals surface area contributed by atoms with Gasteiger partial charge in [0, 0.05) is 0 Å². The Morgan fingerprint density at radius 1 is 0.458 bits per heavy atom. The van der Waals surface area contributed by atoms with Crippen LogP contribution >= 0.6 is 0 Å². The van der Waals surface area contributed by atoms with Crippen LogP contribution in [0.3, 0.4) is 0 Å². The Labute approximate surface area is 286 Å². The van der Waals surface area contributed by atoms with Crippen LogP contribution in [0.1, 0.15) is 94.2 Å². The minimum absolute atomic E-state index is 0.181. The summed E-state index contributed by atoms with van der Waals surface area (Å²) in [7, 11) is -4.66. The van der Waals surface area contributed by atoms with Crippen molar-refractivity contribution in [1.82, 2.24) is 0 Å². The summed E-state index contributed by atoms with van der Waals surface area (Å²) >= 11 is 0. The Morgan fingerprint density at radius 3 is 0.875 bits per heavy atom. The fourth-order valence-corrected chi connectivity index (χ4v) is 17.6. The maximum atomic E-state index is 13.4. The molecule has 0 radical (unpaired) electrons. The van der Waals surface area contributed by atoms with E-state index in [4.69, 9.17) is 9.98 Å². The van der Waals surface area contributed by atoms with Gasteiger partial charge in [-0.2, -0.15) is 26.3 Å². The van der Waals surface area contributed by atoms with Gasteiger partial charge < -0.3 is 0 Å². The highest BCUT2D eigenvalue weighted by atomic mass is 28.3. The van der Waals surface area contributed by atoms with Gasteiger partial charge in [-0.3, -0.25) is 0 Å². The maximum absolute atomic E-state index is 13.4. The quantitative estimate of drug-likeness (QED) is 0.107. The van der Waals surface area contributed by atoms with Gasteiger partial charge in [-0.15, -0.1) is 11.1 Å². The molecule has 0 saturated carbocycles. The van der Waals surface area contributed by atoms with Crippen molar-refractivity contribution in [1.29, 1.82) is 0 Å². The molecule has 2 nitrogen and oxygen atoms in total. The van der Waals surface area contributed by atoms with E-state index in [1.54, 1.807) is 0 Å². The first-order chi connectivity index (χ1) is 22.0. The minimum Gasteiger partial charge on any atom is -0.237 e. The maximum Gasteiger partial charge on any atom is 0.416 e. The normalized spacial score (nSPS) is 13.8. The molecule has 0 aliphatic heterocycles. The molecule has 0 N–H and O–H groups in total. The number of hydrogen-bond acceptors (Lipinski definition) is 2. The van der Waals surface area contributed by atoms with E-state index in [-0.39, 0.29) is 56.0 Å². The van der Waals surface area contributed by atoms with Crippen LogP contribution in [0, 0.1) is 22.9 Å². The highest BCUT2D eigenvalue weighted by Gasteiger charge is 2.43. The summed E-state index contributed by atoms with van der Waals surface area (Å²) in [6, 6.07) is 8.97. The first-order valence-electron chi connectivity index (χ1n) is 16.6. The zero-order valence-electron chi connectivity index (χ0n) is 30.2. The van der Waals surface area contributed by atoms with Gasteiger partial charge in [0.15, 0.2) is 0 Å². The second-order valence-electron chi connectivity index (χ2n) is 14.3. The number of benzene rings is 2. The zero-order chi connectivity index (χ0) is 36.8. The first kappa shape index (κ1) is 41.1. The van der Waals surface area contributed by atoms with Gasteiger partial charge in [0.25, 0.3) is 0 Å². The summed E-state index contributed by atoms with van der Waals surface area (Å²) in [5.41, 5.74) is 8.18. The second-order valence-corrected chi connectivity index (χ2v) is 25.5. The molecular formula is C38H50F6N2Si2. The van der Waals surface area contributed by atoms with Crippen LogP contribution in [0.2, 0.25) is 33.2 Å². The van der Waals surface area contributed by atoms with Gasteiger partial charge >= 0.3 is 12.4 Å². The highest BCUT2D eigenvalue weighted by Crippen LogP contribution is 2.42. The van der Waals surface area contributed by atoms with Crippen molar-refractivity contribution in [2.75, 3.05) is 0 Å². The van der Waals surface area contributed by atoms with Gasteiger partial charge in [-0.25, -0.2) is 9.98 Å². The topological polar surface area (TPSA) is 24.7 Å². The van der Waals surface area contributed by atoms with E-state index in [2.05, 4.69) is 106 Å². The van der Waals surface area contributed by atoms with Crippen molar-refractivity contribution >= 4 is 38.9 Å². The molecule has 0 amide bonds. The van der Waals surface area contributed by atoms with Gasteiger partial charge in [0.05, 0.1) is 22.5 Å². The number of nitrogens with zero attached hydrogens (tertiary/aromatic N) is 2. The SMILES string of the molecule is CC(C)[Si](C#CC(=Nc1ccc(C(F)(F)F)cc1)C(C#C[Si](C(C)C)(C(C)C)C(C)C)=Nc1ccc(C(F)(F)F)cc1)(C(C)C)C(C)C. The average molecular weight is 705 g/mol. The van der Waals surface area contributed by atoms with E-state index in [1.165, 1.54) is 24.3 Å². The lowest BCUT2D eigenvalue weighted by atomic mass is 10.1. The number of halogens is 6. The Kier molecular flexibility index (Phi) is 13.8. The molecule has 0 bridgehead atoms. The van der Waals surface area contributed by atoms with Gasteiger partial charge in [0.1, 0.15) is 27.6 Å². The van der Waals surface area contributed by atoms with E-state index in [9.17, 15) is 26.3 Å². The summed E-state index contributed by atoms with van der Waals surface area (Å²) < 4.78 is 80.3. The third-order valence-electron chi connectivity index (χ3n) is 9.62. The third-order valence-corrected chi connectivity index (χ3v) is 22.2. The van der Waals surface area contributed by atoms with Crippen molar-refractivity contribution in [3.05, 3.63) is 59.7 Å². The van der Waals surface area contributed by atoms with Crippen LogP contribution in [0.15, 0.2) is 58.5 Å². The molecule has 0 unspecified atom stereocenters. The first-order valence-corrected chi connectivity index (χ1v) is 21.0. The molecule has 0 saturated heterocycles. The molecule has 0 heterocycles. The molecule has 0 atom stereocenters. The molecule has 0 aliphatic rings. The van der Waals surface area contributed by atoms with Crippen molar-refractivity contribution in [2.45, 2.75) is 129 Å². The second kappa shape index (κ2) is 16.1. The van der Waals surface area contributed by atoms with Crippen molar-refractivity contribution in [3.63, 3.8) is 0 Å². The molecule has 0 spiro atoms. The molecule has 10 heteroatoms. The number of rotatable bonds is 9. The summed E-state index contributed by atoms with van der Waals surface area (Å²) in [5.74, 6) is 6.64. The van der Waals surface area contributed by atoms with Crippen molar-refractivity contribution in [3.8, 4) is 22.9 Å². The monoisotopic (exact) mass is 704 g/mol. The fraction of sp³-hybridized carbons (Fsp3) is 0.526. The van der Waals surface area contributed by atoms with E-state index >= 15 is 0 Å². The van der Waals surface area contributed by atoms with Crippen LogP contribution in [-0.2, 0) is 12.4 Å². The fourth-order valence-electron chi connectivity index (χ4n) is 7.19. The van der Waals surface area contributed by atoms with Crippen LogP contribution < -0.4 is 0 Å². The Bertz CT molecular complexity index is 1390. The van der Waals surface area contributed by atoms with Gasteiger partial charge in [0.2, 0.25) is 0 Å². The van der Waals surface area contributed by atoms with E-state index < -0.39 is 39.6 Å². The standard InChI is InChI=1S/C38H50F6N2Si2/c1-25(2)47(26(3)4,27(5)6)23-21-35(45-33-17-13-31(14-18-33)37(39,40)41)36(22-24-48(28(7)8,29(9)10)30(11)12)46-34-19-15-32(16-20-34)38(42,43)44/h13-20,25-30H,1-12H3. The highest BCUT2D eigenvalue weighted by molar-refractivity contribution is 6.91. The summed E-state index contributed by atoms with van der Waals surface area (Å²) in [6.45, 7) is 26.0. The van der Waals surface area contributed by atoms with Gasteiger partial charge in [-0.05, 0) is 81.8 Å². The van der Waals surface area contributed by atoms with Crippen molar-refractivity contribution < 1.29 is 26.3 Å². The van der Waals surface area contributed by atoms with E-state index in [0.29, 0.717) is 0 Å². The summed E-state index contributed by atoms with van der Waals surface area (Å²) in [5, 5.41) is 0.